The lowest BCUT2D eigenvalue weighted by Crippen LogP contribution is -2.61. The van der Waals surface area contributed by atoms with Crippen LogP contribution in [0.15, 0.2) is 35.3 Å². The zero-order valence-corrected chi connectivity index (χ0v) is 18.1. The molecule has 27 heavy (non-hydrogen) atoms. The van der Waals surface area contributed by atoms with Crippen molar-refractivity contribution < 1.29 is 23.8 Å². The van der Waals surface area contributed by atoms with Crippen LogP contribution in [0.2, 0.25) is 19.6 Å². The fourth-order valence-corrected chi connectivity index (χ4v) is 2.76. The van der Waals surface area contributed by atoms with E-state index in [1.165, 1.54) is 20.3 Å². The Hall–Kier alpha value is -2.26. The molecule has 0 aliphatic heterocycles. The van der Waals surface area contributed by atoms with Crippen molar-refractivity contribution >= 4 is 20.1 Å². The lowest BCUT2D eigenvalue weighted by Gasteiger charge is -2.37. The maximum Gasteiger partial charge on any atom is 0.408 e. The molecule has 0 saturated heterocycles. The number of ether oxygens (including phenoxy) is 3. The summed E-state index contributed by atoms with van der Waals surface area (Å²) in [6, 6.07) is 0. The lowest BCUT2D eigenvalue weighted by atomic mass is 9.86. The number of hydrogen-bond donors (Lipinski definition) is 3. The third kappa shape index (κ3) is 5.86. The van der Waals surface area contributed by atoms with E-state index in [-0.39, 0.29) is 5.73 Å². The number of amides is 2. The number of nitrogens with two attached hydrogens (primary N) is 2. The van der Waals surface area contributed by atoms with Gasteiger partial charge in [-0.1, -0.05) is 25.7 Å². The Morgan fingerprint density at radius 2 is 1.81 bits per heavy atom. The monoisotopic (exact) mass is 397 g/mol. The topological polar surface area (TPSA) is 126 Å². The third-order valence-electron chi connectivity index (χ3n) is 4.58. The van der Waals surface area contributed by atoms with E-state index in [9.17, 15) is 9.59 Å². The summed E-state index contributed by atoms with van der Waals surface area (Å²) in [7, 11) is 1.28. The first-order valence-corrected chi connectivity index (χ1v) is 12.2. The fourth-order valence-electron chi connectivity index (χ4n) is 2.30. The van der Waals surface area contributed by atoms with Crippen LogP contribution < -0.4 is 16.8 Å². The summed E-state index contributed by atoms with van der Waals surface area (Å²) >= 11 is 0. The van der Waals surface area contributed by atoms with Gasteiger partial charge in [0.1, 0.15) is 5.66 Å². The predicted molar refractivity (Wildman–Crippen MR) is 106 cm³/mol. The molecule has 8 nitrogen and oxygen atoms in total. The average molecular weight is 398 g/mol. The standard InChI is InChI=1S/C18H31N3O5Si/c1-11(16(19)22)8-13-9-14(24-3)15(25-4)10-18(13,20)21-17(23)26-12(2)27(5,6)7/h8-10,12-13H,20H2,1-7H3,(H2,19,22)(H,21,23)/b11-8+. The summed E-state index contributed by atoms with van der Waals surface area (Å²) in [6.45, 7) is 9.74. The maximum absolute atomic E-state index is 12.5. The number of methoxy groups -OCH3 is 2. The van der Waals surface area contributed by atoms with Gasteiger partial charge in [-0.25, -0.2) is 4.79 Å². The molecular weight excluding hydrogens is 366 g/mol. The van der Waals surface area contributed by atoms with E-state index in [4.69, 9.17) is 25.7 Å². The predicted octanol–water partition coefficient (Wildman–Crippen LogP) is 1.76. The van der Waals surface area contributed by atoms with Crippen molar-refractivity contribution in [3.8, 4) is 0 Å². The van der Waals surface area contributed by atoms with Crippen molar-refractivity contribution in [2.75, 3.05) is 14.2 Å². The highest BCUT2D eigenvalue weighted by molar-refractivity contribution is 6.77. The van der Waals surface area contributed by atoms with Crippen LogP contribution in [0, 0.1) is 5.92 Å². The van der Waals surface area contributed by atoms with Crippen LogP contribution in [-0.2, 0) is 19.0 Å². The van der Waals surface area contributed by atoms with Gasteiger partial charge >= 0.3 is 6.09 Å². The van der Waals surface area contributed by atoms with Gasteiger partial charge in [-0.15, -0.1) is 0 Å². The van der Waals surface area contributed by atoms with Crippen molar-refractivity contribution in [2.45, 2.75) is 44.9 Å². The van der Waals surface area contributed by atoms with Crippen LogP contribution in [0.5, 0.6) is 0 Å². The molecule has 2 amide bonds. The van der Waals surface area contributed by atoms with Gasteiger partial charge in [0.2, 0.25) is 5.91 Å². The van der Waals surface area contributed by atoms with Gasteiger partial charge in [0.25, 0.3) is 0 Å². The minimum atomic E-state index is -1.68. The van der Waals surface area contributed by atoms with E-state index >= 15 is 0 Å². The van der Waals surface area contributed by atoms with Crippen molar-refractivity contribution in [1.82, 2.24) is 5.32 Å². The van der Waals surface area contributed by atoms with Crippen LogP contribution in [0.3, 0.4) is 0 Å². The van der Waals surface area contributed by atoms with Gasteiger partial charge < -0.3 is 25.7 Å². The molecule has 1 aliphatic carbocycles. The van der Waals surface area contributed by atoms with E-state index < -0.39 is 31.7 Å². The van der Waals surface area contributed by atoms with Crippen molar-refractivity contribution in [2.24, 2.45) is 17.4 Å². The lowest BCUT2D eigenvalue weighted by molar-refractivity contribution is -0.114. The Kier molecular flexibility index (Phi) is 7.27. The summed E-state index contributed by atoms with van der Waals surface area (Å²) < 4.78 is 16.1. The Morgan fingerprint density at radius 3 is 2.26 bits per heavy atom. The number of carbonyl (C=O) groups excluding carboxylic acids is 2. The molecule has 0 fully saturated rings. The molecule has 0 radical (unpaired) electrons. The first-order valence-electron chi connectivity index (χ1n) is 8.63. The normalized spacial score (nSPS) is 24.3. The molecule has 0 aromatic carbocycles. The Bertz CT molecular complexity index is 681. The molecule has 0 saturated carbocycles. The molecule has 5 N–H and O–H groups in total. The summed E-state index contributed by atoms with van der Waals surface area (Å²) in [5.74, 6) is -0.391. The van der Waals surface area contributed by atoms with Gasteiger partial charge in [-0.2, -0.15) is 0 Å². The van der Waals surface area contributed by atoms with Crippen LogP contribution in [0.1, 0.15) is 13.8 Å². The zero-order chi connectivity index (χ0) is 21.0. The van der Waals surface area contributed by atoms with E-state index in [2.05, 4.69) is 25.0 Å². The molecule has 1 rings (SSSR count). The zero-order valence-electron chi connectivity index (χ0n) is 17.1. The van der Waals surface area contributed by atoms with E-state index in [0.717, 1.165) is 0 Å². The highest BCUT2D eigenvalue weighted by atomic mass is 28.3. The summed E-state index contributed by atoms with van der Waals surface area (Å²) in [6.07, 6.45) is 4.12. The number of hydrogen-bond acceptors (Lipinski definition) is 6. The smallest absolute Gasteiger partial charge is 0.408 e. The van der Waals surface area contributed by atoms with Crippen LogP contribution in [-0.4, -0.2) is 45.7 Å². The van der Waals surface area contributed by atoms with Gasteiger partial charge in [0.15, 0.2) is 11.5 Å². The number of nitrogens with one attached hydrogen (secondary N) is 1. The largest absolute Gasteiger partial charge is 0.493 e. The molecule has 0 spiro atoms. The molecule has 0 aromatic rings. The molecule has 3 atom stereocenters. The molecule has 152 valence electrons. The van der Waals surface area contributed by atoms with E-state index in [0.29, 0.717) is 17.1 Å². The summed E-state index contributed by atoms with van der Waals surface area (Å²) in [5, 5.41) is 2.69. The highest BCUT2D eigenvalue weighted by Crippen LogP contribution is 2.31. The number of primary amides is 1. The second-order valence-corrected chi connectivity index (χ2v) is 13.2. The summed E-state index contributed by atoms with van der Waals surface area (Å²) in [4.78, 5) is 23.9. The van der Waals surface area contributed by atoms with Gasteiger partial charge in [-0.05, 0) is 19.9 Å². The quantitative estimate of drug-likeness (QED) is 0.341. The van der Waals surface area contributed by atoms with E-state index in [1.54, 1.807) is 19.1 Å². The number of carbonyl (C=O) groups is 2. The minimum Gasteiger partial charge on any atom is -0.493 e. The van der Waals surface area contributed by atoms with Crippen LogP contribution in [0.25, 0.3) is 0 Å². The number of alkyl carbamates (subject to hydrolysis) is 1. The molecule has 0 heterocycles. The van der Waals surface area contributed by atoms with E-state index in [1.807, 2.05) is 6.92 Å². The molecule has 0 bridgehead atoms. The molecule has 1 aliphatic rings. The molecule has 9 heteroatoms. The minimum absolute atomic E-state index is 0.206. The first kappa shape index (κ1) is 22.8. The van der Waals surface area contributed by atoms with Crippen LogP contribution in [0.4, 0.5) is 4.79 Å². The number of rotatable bonds is 7. The summed E-state index contributed by atoms with van der Waals surface area (Å²) in [5.41, 5.74) is 10.5. The first-order chi connectivity index (χ1) is 12.3. The second-order valence-electron chi connectivity index (χ2n) is 7.66. The third-order valence-corrected chi connectivity index (χ3v) is 7.13. The van der Waals surface area contributed by atoms with Gasteiger partial charge in [0.05, 0.1) is 28.0 Å². The molecule has 3 unspecified atom stereocenters. The highest BCUT2D eigenvalue weighted by Gasteiger charge is 2.39. The average Bonchev–Trinajstić information content (AvgIpc) is 2.54. The Morgan fingerprint density at radius 1 is 1.26 bits per heavy atom. The SMILES string of the molecule is COC1=CC(/C=C(\C)C(N)=O)C(N)(NC(=O)OC(C)[Si](C)(C)C)C=C1OC. The van der Waals surface area contributed by atoms with Crippen LogP contribution >= 0.6 is 0 Å². The Balaban J connectivity index is 3.21. The maximum atomic E-state index is 12.5. The van der Waals surface area contributed by atoms with Crippen molar-refractivity contribution in [3.05, 3.63) is 35.3 Å². The van der Waals surface area contributed by atoms with Crippen molar-refractivity contribution in [3.63, 3.8) is 0 Å². The van der Waals surface area contributed by atoms with Gasteiger partial charge in [-0.3, -0.25) is 10.1 Å². The molecular formula is C18H31N3O5Si. The molecule has 0 aromatic heterocycles. The Labute approximate surface area is 161 Å². The van der Waals surface area contributed by atoms with Gasteiger partial charge in [0, 0.05) is 17.6 Å². The van der Waals surface area contributed by atoms with Crippen molar-refractivity contribution in [1.29, 1.82) is 0 Å². The second kappa shape index (κ2) is 8.62. The fraction of sp³-hybridized carbons (Fsp3) is 0.556.